The number of nitrogens with zero attached hydrogens (tertiary/aromatic N) is 2. The minimum Gasteiger partial charge on any atom is -0.449 e. The molecule has 0 spiro atoms. The molecule has 0 radical (unpaired) electrons. The van der Waals surface area contributed by atoms with Crippen molar-refractivity contribution in [3.05, 3.63) is 51.4 Å². The van der Waals surface area contributed by atoms with E-state index in [0.29, 0.717) is 11.5 Å². The number of rotatable bonds is 5. The van der Waals surface area contributed by atoms with E-state index in [1.165, 1.54) is 31.2 Å². The number of esters is 1. The van der Waals surface area contributed by atoms with E-state index in [4.69, 9.17) is 9.26 Å². The Labute approximate surface area is 136 Å². The summed E-state index contributed by atoms with van der Waals surface area (Å²) in [5.41, 5.74) is 0.608. The Morgan fingerprint density at radius 3 is 2.67 bits per heavy atom. The zero-order valence-electron chi connectivity index (χ0n) is 13.2. The third kappa shape index (κ3) is 3.75. The molecule has 1 N–H and O–H groups in total. The fraction of sp³-hybridized carbons (Fsp3) is 0.267. The van der Waals surface area contributed by atoms with E-state index in [9.17, 15) is 19.7 Å². The van der Waals surface area contributed by atoms with E-state index in [2.05, 4.69) is 10.5 Å². The maximum atomic E-state index is 12.1. The van der Waals surface area contributed by atoms with E-state index < -0.39 is 22.9 Å². The van der Waals surface area contributed by atoms with Gasteiger partial charge in [0.05, 0.1) is 10.6 Å². The Kier molecular flexibility index (Phi) is 4.93. The molecule has 2 aromatic rings. The molecule has 1 aromatic carbocycles. The van der Waals surface area contributed by atoms with Crippen molar-refractivity contribution >= 4 is 23.3 Å². The summed E-state index contributed by atoms with van der Waals surface area (Å²) in [4.78, 5) is 34.3. The second kappa shape index (κ2) is 6.90. The summed E-state index contributed by atoms with van der Waals surface area (Å²) in [6.07, 6.45) is -1.11. The van der Waals surface area contributed by atoms with E-state index in [1.54, 1.807) is 13.8 Å². The molecule has 0 fully saturated rings. The number of benzene rings is 1. The van der Waals surface area contributed by atoms with Gasteiger partial charge in [0.25, 0.3) is 11.6 Å². The van der Waals surface area contributed by atoms with E-state index in [1.807, 2.05) is 0 Å². The maximum Gasteiger partial charge on any atom is 0.344 e. The maximum absolute atomic E-state index is 12.1. The molecular weight excluding hydrogens is 318 g/mol. The van der Waals surface area contributed by atoms with Crippen LogP contribution in [0.4, 0.5) is 11.4 Å². The van der Waals surface area contributed by atoms with E-state index >= 15 is 0 Å². The zero-order chi connectivity index (χ0) is 17.9. The number of ether oxygens (including phenoxy) is 1. The van der Waals surface area contributed by atoms with Gasteiger partial charge >= 0.3 is 5.97 Å². The lowest BCUT2D eigenvalue weighted by atomic mass is 10.2. The molecule has 1 atom stereocenters. The Morgan fingerprint density at radius 2 is 2.08 bits per heavy atom. The van der Waals surface area contributed by atoms with Gasteiger partial charge in [0.2, 0.25) is 0 Å². The fourth-order valence-electron chi connectivity index (χ4n) is 1.99. The van der Waals surface area contributed by atoms with Gasteiger partial charge in [0, 0.05) is 17.8 Å². The van der Waals surface area contributed by atoms with Crippen LogP contribution in [0.15, 0.2) is 28.8 Å². The van der Waals surface area contributed by atoms with Gasteiger partial charge in [-0.25, -0.2) is 4.79 Å². The molecule has 9 heteroatoms. The first kappa shape index (κ1) is 17.1. The standard InChI is InChI=1S/C15H15N3O6/c1-8-13(9(2)24-17-8)15(20)23-10(3)14(19)16-11-5-4-6-12(7-11)18(21)22/h4-7,10H,1-3H3,(H,16,19). The number of anilines is 1. The number of nitrogens with one attached hydrogen (secondary N) is 1. The minimum atomic E-state index is -1.11. The van der Waals surface area contributed by atoms with Gasteiger partial charge in [-0.1, -0.05) is 11.2 Å². The van der Waals surface area contributed by atoms with Crippen molar-refractivity contribution in [3.63, 3.8) is 0 Å². The SMILES string of the molecule is Cc1noc(C)c1C(=O)OC(C)C(=O)Nc1cccc([N+](=O)[O-])c1. The number of aryl methyl sites for hydroxylation is 2. The topological polar surface area (TPSA) is 125 Å². The predicted molar refractivity (Wildman–Crippen MR) is 82.6 cm³/mol. The van der Waals surface area contributed by atoms with Crippen LogP contribution < -0.4 is 5.32 Å². The number of hydrogen-bond donors (Lipinski definition) is 1. The number of non-ortho nitro benzene ring substituents is 1. The van der Waals surface area contributed by atoms with Gasteiger partial charge in [-0.15, -0.1) is 0 Å². The van der Waals surface area contributed by atoms with Crippen molar-refractivity contribution < 1.29 is 23.8 Å². The highest BCUT2D eigenvalue weighted by Gasteiger charge is 2.24. The highest BCUT2D eigenvalue weighted by molar-refractivity contribution is 5.98. The molecule has 24 heavy (non-hydrogen) atoms. The normalized spacial score (nSPS) is 11.6. The van der Waals surface area contributed by atoms with Crippen molar-refractivity contribution in [2.24, 2.45) is 0 Å². The second-order valence-corrected chi connectivity index (χ2v) is 5.04. The largest absolute Gasteiger partial charge is 0.449 e. The summed E-state index contributed by atoms with van der Waals surface area (Å²) in [7, 11) is 0. The van der Waals surface area contributed by atoms with Gasteiger partial charge in [0.1, 0.15) is 11.3 Å². The van der Waals surface area contributed by atoms with Crippen LogP contribution in [0.25, 0.3) is 0 Å². The van der Waals surface area contributed by atoms with Crippen LogP contribution in [0, 0.1) is 24.0 Å². The fourth-order valence-corrected chi connectivity index (χ4v) is 1.99. The highest BCUT2D eigenvalue weighted by atomic mass is 16.6. The summed E-state index contributed by atoms with van der Waals surface area (Å²) in [5, 5.41) is 16.8. The van der Waals surface area contributed by atoms with Gasteiger partial charge in [-0.05, 0) is 26.8 Å². The second-order valence-electron chi connectivity index (χ2n) is 5.04. The predicted octanol–water partition coefficient (Wildman–Crippen LogP) is 2.38. The first-order chi connectivity index (χ1) is 11.3. The smallest absolute Gasteiger partial charge is 0.344 e. The molecule has 0 aliphatic rings. The average molecular weight is 333 g/mol. The monoisotopic (exact) mass is 333 g/mol. The summed E-state index contributed by atoms with van der Waals surface area (Å²) < 4.78 is 9.96. The molecule has 1 unspecified atom stereocenters. The summed E-state index contributed by atoms with van der Waals surface area (Å²) in [6, 6.07) is 5.44. The molecule has 0 aliphatic carbocycles. The first-order valence-corrected chi connectivity index (χ1v) is 6.98. The van der Waals surface area contributed by atoms with Gasteiger partial charge in [-0.2, -0.15) is 0 Å². The molecular formula is C15H15N3O6. The van der Waals surface area contributed by atoms with Crippen molar-refractivity contribution in [1.29, 1.82) is 0 Å². The zero-order valence-corrected chi connectivity index (χ0v) is 13.2. The van der Waals surface area contributed by atoms with Crippen LogP contribution in [0.1, 0.15) is 28.7 Å². The van der Waals surface area contributed by atoms with Crippen molar-refractivity contribution in [1.82, 2.24) is 5.16 Å². The van der Waals surface area contributed by atoms with Crippen LogP contribution in [0.5, 0.6) is 0 Å². The molecule has 1 aromatic heterocycles. The van der Waals surface area contributed by atoms with Crippen molar-refractivity contribution in [2.75, 3.05) is 5.32 Å². The van der Waals surface area contributed by atoms with Crippen molar-refractivity contribution in [3.8, 4) is 0 Å². The quantitative estimate of drug-likeness (QED) is 0.506. The summed E-state index contributed by atoms with van der Waals surface area (Å²) in [6.45, 7) is 4.54. The molecule has 1 heterocycles. The van der Waals surface area contributed by atoms with Crippen LogP contribution in [-0.4, -0.2) is 28.1 Å². The lowest BCUT2D eigenvalue weighted by molar-refractivity contribution is -0.384. The van der Waals surface area contributed by atoms with E-state index in [0.717, 1.165) is 0 Å². The number of carbonyl (C=O) groups is 2. The van der Waals surface area contributed by atoms with Crippen molar-refractivity contribution in [2.45, 2.75) is 26.9 Å². The Bertz CT molecular complexity index is 779. The Hall–Kier alpha value is -3.23. The third-order valence-corrected chi connectivity index (χ3v) is 3.22. The molecule has 1 amide bonds. The molecule has 126 valence electrons. The van der Waals surface area contributed by atoms with Crippen LogP contribution in [-0.2, 0) is 9.53 Å². The number of carbonyl (C=O) groups excluding carboxylic acids is 2. The van der Waals surface area contributed by atoms with Gasteiger partial charge in [-0.3, -0.25) is 14.9 Å². The molecule has 2 rings (SSSR count). The molecule has 0 saturated heterocycles. The van der Waals surface area contributed by atoms with Gasteiger partial charge in [0.15, 0.2) is 6.10 Å². The number of amides is 1. The number of nitro benzene ring substituents is 1. The Balaban J connectivity index is 2.03. The summed E-state index contributed by atoms with van der Waals surface area (Å²) in [5.74, 6) is -1.05. The molecule has 0 saturated carbocycles. The van der Waals surface area contributed by atoms with E-state index in [-0.39, 0.29) is 16.9 Å². The lowest BCUT2D eigenvalue weighted by Gasteiger charge is -2.13. The minimum absolute atomic E-state index is 0.159. The van der Waals surface area contributed by atoms with Crippen LogP contribution in [0.3, 0.4) is 0 Å². The third-order valence-electron chi connectivity index (χ3n) is 3.22. The average Bonchev–Trinajstić information content (AvgIpc) is 2.86. The lowest BCUT2D eigenvalue weighted by Crippen LogP contribution is -2.30. The number of nitro groups is 1. The van der Waals surface area contributed by atoms with Gasteiger partial charge < -0.3 is 14.6 Å². The molecule has 0 bridgehead atoms. The molecule has 0 aliphatic heterocycles. The number of hydrogen-bond acceptors (Lipinski definition) is 7. The van der Waals surface area contributed by atoms with Crippen LogP contribution in [0.2, 0.25) is 0 Å². The first-order valence-electron chi connectivity index (χ1n) is 6.98. The number of aromatic nitrogens is 1. The van der Waals surface area contributed by atoms with Crippen LogP contribution >= 0.6 is 0 Å². The highest BCUT2D eigenvalue weighted by Crippen LogP contribution is 2.18. The molecule has 9 nitrogen and oxygen atoms in total. The Morgan fingerprint density at radius 1 is 1.38 bits per heavy atom. The summed E-state index contributed by atoms with van der Waals surface area (Å²) >= 11 is 0.